The van der Waals surface area contributed by atoms with Gasteiger partial charge in [-0.2, -0.15) is 0 Å². The molecule has 0 radical (unpaired) electrons. The predicted molar refractivity (Wildman–Crippen MR) is 35.0 cm³/mol. The summed E-state index contributed by atoms with van der Waals surface area (Å²) in [5, 5.41) is 0.666. The smallest absolute Gasteiger partial charge is 0.309 e. The van der Waals surface area contributed by atoms with Crippen LogP contribution < -0.4 is 0 Å². The van der Waals surface area contributed by atoms with Gasteiger partial charge in [0.25, 0.3) is 0 Å². The van der Waals surface area contributed by atoms with Crippen molar-refractivity contribution < 1.29 is 29.0 Å². The summed E-state index contributed by atoms with van der Waals surface area (Å²) in [5.41, 5.74) is 0. The molecule has 0 aromatic carbocycles. The number of methoxy groups -OCH3 is 1. The fourth-order valence-corrected chi connectivity index (χ4v) is 0.529. The van der Waals surface area contributed by atoms with E-state index in [1.807, 2.05) is 0 Å². The largest absolute Gasteiger partial charge is 0.469 e. The van der Waals surface area contributed by atoms with Gasteiger partial charge in [-0.15, -0.1) is 0 Å². The van der Waals surface area contributed by atoms with Crippen LogP contribution in [0.1, 0.15) is 6.92 Å². The molecule has 1 atom stereocenters. The average molecular weight is 246 g/mol. The van der Waals surface area contributed by atoms with E-state index in [0.717, 1.165) is 0 Å². The summed E-state index contributed by atoms with van der Waals surface area (Å²) in [6.07, 6.45) is 0. The van der Waals surface area contributed by atoms with Crippen molar-refractivity contribution in [2.24, 2.45) is 5.92 Å². The minimum atomic E-state index is -0.165. The maximum atomic E-state index is 10.5. The second-order valence-electron chi connectivity index (χ2n) is 1.58. The molecule has 0 saturated heterocycles. The van der Waals surface area contributed by atoms with E-state index in [9.17, 15) is 4.79 Å². The van der Waals surface area contributed by atoms with Crippen LogP contribution in [-0.4, -0.2) is 18.4 Å². The van der Waals surface area contributed by atoms with Crippen LogP contribution in [0.2, 0.25) is 0 Å². The standard InChI is InChI=1S/C5H9BrO2.Zn/c1-4(3-6)5(7)8-2;/h4H,3H2,1-2H3;/t4-;/m1./s1. The Bertz CT molecular complexity index is 87.0. The Morgan fingerprint density at radius 1 is 1.78 bits per heavy atom. The molecular weight excluding hydrogens is 237 g/mol. The van der Waals surface area contributed by atoms with E-state index in [-0.39, 0.29) is 31.4 Å². The van der Waals surface area contributed by atoms with Gasteiger partial charge in [-0.3, -0.25) is 4.79 Å². The summed E-state index contributed by atoms with van der Waals surface area (Å²) in [4.78, 5) is 10.5. The topological polar surface area (TPSA) is 26.3 Å². The normalized spacial score (nSPS) is 11.4. The van der Waals surface area contributed by atoms with Gasteiger partial charge in [0.2, 0.25) is 0 Å². The number of hydrogen-bond donors (Lipinski definition) is 0. The molecule has 0 aliphatic carbocycles. The van der Waals surface area contributed by atoms with E-state index in [1.54, 1.807) is 6.92 Å². The first-order valence-electron chi connectivity index (χ1n) is 2.36. The molecule has 0 fully saturated rings. The molecule has 0 bridgehead atoms. The Labute approximate surface area is 76.2 Å². The summed E-state index contributed by atoms with van der Waals surface area (Å²) >= 11 is 3.16. The maximum Gasteiger partial charge on any atom is 0.309 e. The van der Waals surface area contributed by atoms with Crippen molar-refractivity contribution in [2.75, 3.05) is 12.4 Å². The first-order valence-corrected chi connectivity index (χ1v) is 3.48. The van der Waals surface area contributed by atoms with Crippen molar-refractivity contribution in [3.8, 4) is 0 Å². The van der Waals surface area contributed by atoms with E-state index >= 15 is 0 Å². The maximum absolute atomic E-state index is 10.5. The fourth-order valence-electron chi connectivity index (χ4n) is 0.264. The Morgan fingerprint density at radius 3 is 2.33 bits per heavy atom. The van der Waals surface area contributed by atoms with Crippen molar-refractivity contribution in [3.63, 3.8) is 0 Å². The molecule has 0 saturated carbocycles. The third-order valence-corrected chi connectivity index (χ3v) is 1.81. The van der Waals surface area contributed by atoms with Crippen LogP contribution in [0.25, 0.3) is 0 Å². The van der Waals surface area contributed by atoms with Crippen molar-refractivity contribution in [2.45, 2.75) is 6.92 Å². The van der Waals surface area contributed by atoms with Gasteiger partial charge in [0.15, 0.2) is 0 Å². The number of hydrogen-bond acceptors (Lipinski definition) is 2. The Morgan fingerprint density at radius 2 is 2.22 bits per heavy atom. The van der Waals surface area contributed by atoms with Crippen LogP contribution in [0.5, 0.6) is 0 Å². The number of rotatable bonds is 2. The van der Waals surface area contributed by atoms with E-state index in [1.165, 1.54) is 7.11 Å². The Kier molecular flexibility index (Phi) is 9.12. The molecule has 0 rings (SSSR count). The minimum absolute atomic E-state index is 0. The molecular formula is C5H9BrO2Zn. The van der Waals surface area contributed by atoms with E-state index in [0.29, 0.717) is 5.33 Å². The zero-order valence-corrected chi connectivity index (χ0v) is 10.2. The van der Waals surface area contributed by atoms with Crippen LogP contribution in [0.3, 0.4) is 0 Å². The molecule has 0 amide bonds. The molecule has 0 unspecified atom stereocenters. The molecule has 0 heterocycles. The molecule has 4 heteroatoms. The fraction of sp³-hybridized carbons (Fsp3) is 0.800. The van der Waals surface area contributed by atoms with Gasteiger partial charge in [0.05, 0.1) is 13.0 Å². The molecule has 0 spiro atoms. The van der Waals surface area contributed by atoms with Gasteiger partial charge in [0, 0.05) is 24.8 Å². The summed E-state index contributed by atoms with van der Waals surface area (Å²) < 4.78 is 4.43. The first-order chi connectivity index (χ1) is 3.72. The predicted octanol–water partition coefficient (Wildman–Crippen LogP) is 1.19. The number of ether oxygens (including phenoxy) is 1. The third kappa shape index (κ3) is 5.04. The van der Waals surface area contributed by atoms with Crippen LogP contribution in [-0.2, 0) is 29.0 Å². The molecule has 2 nitrogen and oxygen atoms in total. The number of halogens is 1. The molecule has 0 aliphatic rings. The number of carbonyl (C=O) groups excluding carboxylic acids is 1. The molecule has 50 valence electrons. The van der Waals surface area contributed by atoms with Crippen molar-refractivity contribution in [3.05, 3.63) is 0 Å². The van der Waals surface area contributed by atoms with Gasteiger partial charge in [-0.05, 0) is 0 Å². The third-order valence-electron chi connectivity index (χ3n) is 0.835. The monoisotopic (exact) mass is 244 g/mol. The zero-order valence-electron chi connectivity index (χ0n) is 5.69. The summed E-state index contributed by atoms with van der Waals surface area (Å²) in [6, 6.07) is 0. The molecule has 0 aliphatic heterocycles. The molecule has 0 aromatic heterocycles. The van der Waals surface area contributed by atoms with Gasteiger partial charge in [-0.1, -0.05) is 22.9 Å². The van der Waals surface area contributed by atoms with Gasteiger partial charge in [0.1, 0.15) is 0 Å². The number of esters is 1. The first kappa shape index (κ1) is 12.3. The molecule has 0 N–H and O–H groups in total. The van der Waals surface area contributed by atoms with Gasteiger partial charge >= 0.3 is 5.97 Å². The van der Waals surface area contributed by atoms with Gasteiger partial charge < -0.3 is 4.74 Å². The van der Waals surface area contributed by atoms with E-state index in [2.05, 4.69) is 20.7 Å². The van der Waals surface area contributed by atoms with Crippen LogP contribution in [0, 0.1) is 5.92 Å². The number of alkyl halides is 1. The Balaban J connectivity index is 0. The second kappa shape index (κ2) is 6.69. The van der Waals surface area contributed by atoms with Crippen LogP contribution in [0.4, 0.5) is 0 Å². The summed E-state index contributed by atoms with van der Waals surface area (Å²) in [6.45, 7) is 1.81. The van der Waals surface area contributed by atoms with Crippen LogP contribution >= 0.6 is 15.9 Å². The number of carbonyl (C=O) groups is 1. The van der Waals surface area contributed by atoms with Crippen molar-refractivity contribution >= 4 is 21.9 Å². The van der Waals surface area contributed by atoms with Gasteiger partial charge in [-0.25, -0.2) is 0 Å². The summed E-state index contributed by atoms with van der Waals surface area (Å²) in [5.74, 6) is -0.193. The van der Waals surface area contributed by atoms with Crippen molar-refractivity contribution in [1.82, 2.24) is 0 Å². The summed E-state index contributed by atoms with van der Waals surface area (Å²) in [7, 11) is 1.39. The minimum Gasteiger partial charge on any atom is -0.469 e. The quantitative estimate of drug-likeness (QED) is 0.416. The molecule has 9 heavy (non-hydrogen) atoms. The SMILES string of the molecule is COC(=O)[C@H](C)CBr.[Zn]. The van der Waals surface area contributed by atoms with Crippen molar-refractivity contribution in [1.29, 1.82) is 0 Å². The Hall–Kier alpha value is 0.573. The van der Waals surface area contributed by atoms with Crippen LogP contribution in [0.15, 0.2) is 0 Å². The zero-order chi connectivity index (χ0) is 6.57. The second-order valence-corrected chi connectivity index (χ2v) is 2.23. The average Bonchev–Trinajstić information content (AvgIpc) is 1.84. The van der Waals surface area contributed by atoms with E-state index in [4.69, 9.17) is 0 Å². The molecule has 0 aromatic rings. The van der Waals surface area contributed by atoms with E-state index < -0.39 is 0 Å².